The van der Waals surface area contributed by atoms with Gasteiger partial charge >= 0.3 is 0 Å². The molecule has 0 bridgehead atoms. The van der Waals surface area contributed by atoms with Gasteiger partial charge in [-0.25, -0.2) is 4.98 Å². The topological polar surface area (TPSA) is 86.7 Å². The standard InChI is InChI=1S/C16H12BrNO4/c1-8-2-3-9(4-12(8)19)15-7-18-16(22-15)10-5-13(20)14(21)6-11(10)17/h2-7,19-21H,1H3. The Hall–Kier alpha value is -2.47. The lowest BCUT2D eigenvalue weighted by atomic mass is 10.1. The van der Waals surface area contributed by atoms with Crippen LogP contribution in [0.3, 0.4) is 0 Å². The van der Waals surface area contributed by atoms with Crippen molar-refractivity contribution in [3.8, 4) is 40.0 Å². The molecule has 0 aliphatic heterocycles. The summed E-state index contributed by atoms with van der Waals surface area (Å²) in [5.74, 6) is 0.470. The van der Waals surface area contributed by atoms with Crippen LogP contribution in [0.4, 0.5) is 0 Å². The molecule has 0 radical (unpaired) electrons. The predicted octanol–water partition coefficient (Wildman–Crippen LogP) is 4.20. The number of rotatable bonds is 2. The van der Waals surface area contributed by atoms with Crippen molar-refractivity contribution < 1.29 is 19.7 Å². The van der Waals surface area contributed by atoms with E-state index in [0.29, 0.717) is 21.4 Å². The number of phenolic OH excluding ortho intramolecular Hbond substituents is 3. The zero-order valence-corrected chi connectivity index (χ0v) is 13.1. The Labute approximate surface area is 134 Å². The summed E-state index contributed by atoms with van der Waals surface area (Å²) >= 11 is 3.29. The molecular formula is C16H12BrNO4. The second-order valence-corrected chi connectivity index (χ2v) is 5.71. The Morgan fingerprint density at radius 3 is 2.45 bits per heavy atom. The van der Waals surface area contributed by atoms with Gasteiger partial charge in [0.2, 0.25) is 5.89 Å². The largest absolute Gasteiger partial charge is 0.508 e. The first kappa shape index (κ1) is 14.5. The van der Waals surface area contributed by atoms with Crippen LogP contribution in [-0.2, 0) is 0 Å². The summed E-state index contributed by atoms with van der Waals surface area (Å²) in [6.07, 6.45) is 1.54. The molecule has 0 saturated heterocycles. The van der Waals surface area contributed by atoms with Gasteiger partial charge in [-0.3, -0.25) is 0 Å². The van der Waals surface area contributed by atoms with Crippen LogP contribution in [0.15, 0.2) is 45.4 Å². The van der Waals surface area contributed by atoms with Gasteiger partial charge in [0.05, 0.1) is 11.8 Å². The van der Waals surface area contributed by atoms with Crippen LogP contribution in [0.2, 0.25) is 0 Å². The van der Waals surface area contributed by atoms with Gasteiger partial charge in [-0.2, -0.15) is 0 Å². The normalized spacial score (nSPS) is 10.8. The number of halogens is 1. The van der Waals surface area contributed by atoms with Gasteiger partial charge in [0, 0.05) is 10.0 Å². The summed E-state index contributed by atoms with van der Waals surface area (Å²) in [6.45, 7) is 1.81. The molecule has 112 valence electrons. The third kappa shape index (κ3) is 2.53. The zero-order chi connectivity index (χ0) is 15.9. The van der Waals surface area contributed by atoms with Gasteiger partial charge in [-0.05, 0) is 46.6 Å². The maximum atomic E-state index is 9.77. The Kier molecular flexibility index (Phi) is 3.54. The molecule has 1 aromatic heterocycles. The Morgan fingerprint density at radius 2 is 1.73 bits per heavy atom. The number of nitrogens with zero attached hydrogens (tertiary/aromatic N) is 1. The lowest BCUT2D eigenvalue weighted by molar-refractivity contribution is 0.403. The highest BCUT2D eigenvalue weighted by molar-refractivity contribution is 9.10. The Morgan fingerprint density at radius 1 is 1.00 bits per heavy atom. The van der Waals surface area contributed by atoms with Gasteiger partial charge in [0.25, 0.3) is 0 Å². The molecule has 0 aliphatic carbocycles. The van der Waals surface area contributed by atoms with Crippen LogP contribution in [0.1, 0.15) is 5.56 Å². The predicted molar refractivity (Wildman–Crippen MR) is 84.8 cm³/mol. The number of phenols is 3. The molecule has 2 aromatic carbocycles. The monoisotopic (exact) mass is 361 g/mol. The molecule has 0 unspecified atom stereocenters. The lowest BCUT2D eigenvalue weighted by Crippen LogP contribution is -1.80. The molecule has 0 saturated carbocycles. The van der Waals surface area contributed by atoms with E-state index in [1.807, 2.05) is 6.07 Å². The van der Waals surface area contributed by atoms with Crippen molar-refractivity contribution in [1.82, 2.24) is 4.98 Å². The van der Waals surface area contributed by atoms with Gasteiger partial charge in [-0.15, -0.1) is 0 Å². The molecule has 0 aliphatic rings. The van der Waals surface area contributed by atoms with Crippen molar-refractivity contribution in [2.45, 2.75) is 6.92 Å². The van der Waals surface area contributed by atoms with E-state index in [4.69, 9.17) is 4.42 Å². The molecule has 3 aromatic rings. The summed E-state index contributed by atoms with van der Waals surface area (Å²) in [5, 5.41) is 28.8. The highest BCUT2D eigenvalue weighted by atomic mass is 79.9. The quantitative estimate of drug-likeness (QED) is 0.595. The molecule has 3 N–H and O–H groups in total. The average Bonchev–Trinajstić information content (AvgIpc) is 2.95. The summed E-state index contributed by atoms with van der Waals surface area (Å²) in [7, 11) is 0. The van der Waals surface area contributed by atoms with E-state index < -0.39 is 0 Å². The third-order valence-electron chi connectivity index (χ3n) is 3.29. The van der Waals surface area contributed by atoms with E-state index in [9.17, 15) is 15.3 Å². The van der Waals surface area contributed by atoms with Gasteiger partial charge < -0.3 is 19.7 Å². The van der Waals surface area contributed by atoms with Gasteiger partial charge in [0.15, 0.2) is 17.3 Å². The van der Waals surface area contributed by atoms with Crippen LogP contribution in [0.25, 0.3) is 22.8 Å². The highest BCUT2D eigenvalue weighted by Gasteiger charge is 2.15. The van der Waals surface area contributed by atoms with E-state index in [1.165, 1.54) is 18.3 Å². The first-order chi connectivity index (χ1) is 10.5. The minimum absolute atomic E-state index is 0.180. The van der Waals surface area contributed by atoms with Crippen molar-refractivity contribution in [1.29, 1.82) is 0 Å². The lowest BCUT2D eigenvalue weighted by Gasteiger charge is -2.04. The molecule has 22 heavy (non-hydrogen) atoms. The van der Waals surface area contributed by atoms with Crippen LogP contribution in [0.5, 0.6) is 17.2 Å². The summed E-state index contributed by atoms with van der Waals surface area (Å²) in [5.41, 5.74) is 1.98. The summed E-state index contributed by atoms with van der Waals surface area (Å²) in [4.78, 5) is 4.18. The minimum atomic E-state index is -0.258. The van der Waals surface area contributed by atoms with Crippen molar-refractivity contribution >= 4 is 15.9 Å². The molecule has 6 heteroatoms. The Bertz CT molecular complexity index is 857. The molecule has 5 nitrogen and oxygen atoms in total. The van der Waals surface area contributed by atoms with Crippen LogP contribution >= 0.6 is 15.9 Å². The number of hydrogen-bond donors (Lipinski definition) is 3. The van der Waals surface area contributed by atoms with Crippen molar-refractivity contribution in [3.05, 3.63) is 46.6 Å². The summed E-state index contributed by atoms with van der Waals surface area (Å²) in [6, 6.07) is 7.94. The van der Waals surface area contributed by atoms with Crippen molar-refractivity contribution in [2.75, 3.05) is 0 Å². The minimum Gasteiger partial charge on any atom is -0.508 e. The van der Waals surface area contributed by atoms with E-state index in [0.717, 1.165) is 5.56 Å². The number of benzene rings is 2. The zero-order valence-electron chi connectivity index (χ0n) is 11.5. The van der Waals surface area contributed by atoms with Crippen LogP contribution in [-0.4, -0.2) is 20.3 Å². The number of hydrogen-bond acceptors (Lipinski definition) is 5. The summed E-state index contributed by atoms with van der Waals surface area (Å²) < 4.78 is 6.23. The maximum Gasteiger partial charge on any atom is 0.228 e. The molecule has 0 spiro atoms. The molecule has 1 heterocycles. The van der Waals surface area contributed by atoms with E-state index in [1.54, 1.807) is 19.1 Å². The molecular weight excluding hydrogens is 350 g/mol. The van der Waals surface area contributed by atoms with Gasteiger partial charge in [0.1, 0.15) is 5.75 Å². The van der Waals surface area contributed by atoms with Crippen LogP contribution < -0.4 is 0 Å². The third-order valence-corrected chi connectivity index (χ3v) is 3.95. The second kappa shape index (κ2) is 5.38. The molecule has 0 atom stereocenters. The van der Waals surface area contributed by atoms with Crippen molar-refractivity contribution in [3.63, 3.8) is 0 Å². The van der Waals surface area contributed by atoms with Crippen molar-refractivity contribution in [2.24, 2.45) is 0 Å². The fourth-order valence-corrected chi connectivity index (χ4v) is 2.51. The van der Waals surface area contributed by atoms with Crippen LogP contribution in [0, 0.1) is 6.92 Å². The van der Waals surface area contributed by atoms with E-state index in [-0.39, 0.29) is 23.1 Å². The number of aromatic hydroxyl groups is 3. The maximum absolute atomic E-state index is 9.77. The number of aryl methyl sites for hydroxylation is 1. The highest BCUT2D eigenvalue weighted by Crippen LogP contribution is 2.38. The Balaban J connectivity index is 2.04. The fourth-order valence-electron chi connectivity index (χ4n) is 2.01. The van der Waals surface area contributed by atoms with E-state index >= 15 is 0 Å². The first-order valence-electron chi connectivity index (χ1n) is 6.43. The molecule has 0 amide bonds. The molecule has 0 fully saturated rings. The molecule has 3 rings (SSSR count). The first-order valence-corrected chi connectivity index (χ1v) is 7.22. The smallest absolute Gasteiger partial charge is 0.228 e. The number of oxazole rings is 1. The number of aromatic nitrogens is 1. The SMILES string of the molecule is Cc1ccc(-c2cnc(-c3cc(O)c(O)cc3Br)o2)cc1O. The van der Waals surface area contributed by atoms with Gasteiger partial charge in [-0.1, -0.05) is 12.1 Å². The van der Waals surface area contributed by atoms with E-state index in [2.05, 4.69) is 20.9 Å². The second-order valence-electron chi connectivity index (χ2n) is 4.85. The average molecular weight is 362 g/mol. The fraction of sp³-hybridized carbons (Fsp3) is 0.0625.